The van der Waals surface area contributed by atoms with Crippen LogP contribution in [0.4, 0.5) is 5.69 Å². The van der Waals surface area contributed by atoms with Gasteiger partial charge in [-0.3, -0.25) is 9.10 Å². The minimum absolute atomic E-state index is 0.334. The summed E-state index contributed by atoms with van der Waals surface area (Å²) in [4.78, 5) is 24.4. The van der Waals surface area contributed by atoms with Gasteiger partial charge in [0.15, 0.2) is 12.4 Å². The molecule has 8 heteroatoms. The van der Waals surface area contributed by atoms with Crippen molar-refractivity contribution in [2.45, 2.75) is 12.8 Å². The quantitative estimate of drug-likeness (QED) is 0.514. The van der Waals surface area contributed by atoms with E-state index in [-0.39, 0.29) is 12.4 Å². The van der Waals surface area contributed by atoms with Gasteiger partial charge >= 0.3 is 5.97 Å². The van der Waals surface area contributed by atoms with Crippen LogP contribution in [0.3, 0.4) is 0 Å². The fraction of sp³-hybridized carbons (Fsp3) is 0.263. The lowest BCUT2D eigenvalue weighted by Crippen LogP contribution is -2.34. The van der Waals surface area contributed by atoms with E-state index in [0.717, 1.165) is 10.0 Å². The lowest BCUT2D eigenvalue weighted by molar-refractivity contribution is 0.0474. The van der Waals surface area contributed by atoms with E-state index in [4.69, 9.17) is 4.74 Å². The number of hydrogen-bond donors (Lipinski definition) is 0. The van der Waals surface area contributed by atoms with Crippen LogP contribution in [-0.4, -0.2) is 39.6 Å². The summed E-state index contributed by atoms with van der Waals surface area (Å²) in [5, 5.41) is 0. The highest BCUT2D eigenvalue weighted by atomic mass is 79.9. The normalized spacial score (nSPS) is 13.8. The Bertz CT molecular complexity index is 986. The Morgan fingerprint density at radius 2 is 1.78 bits per heavy atom. The molecule has 3 rings (SSSR count). The monoisotopic (exact) mass is 451 g/mol. The van der Waals surface area contributed by atoms with Gasteiger partial charge in [-0.25, -0.2) is 13.2 Å². The van der Waals surface area contributed by atoms with Crippen LogP contribution in [0, 0.1) is 0 Å². The zero-order valence-corrected chi connectivity index (χ0v) is 17.0. The van der Waals surface area contributed by atoms with Crippen LogP contribution in [-0.2, 0) is 21.2 Å². The van der Waals surface area contributed by atoms with E-state index < -0.39 is 16.0 Å². The summed E-state index contributed by atoms with van der Waals surface area (Å²) in [6, 6.07) is 11.5. The summed E-state index contributed by atoms with van der Waals surface area (Å²) in [7, 11) is -3.35. The highest BCUT2D eigenvalue weighted by molar-refractivity contribution is 9.10. The maximum absolute atomic E-state index is 12.4. The Morgan fingerprint density at radius 3 is 2.44 bits per heavy atom. The number of ether oxygens (including phenoxy) is 1. The number of ketones is 1. The summed E-state index contributed by atoms with van der Waals surface area (Å²) in [6.45, 7) is 0.0629. The second-order valence-electron chi connectivity index (χ2n) is 6.29. The maximum Gasteiger partial charge on any atom is 0.338 e. The van der Waals surface area contributed by atoms with Crippen molar-refractivity contribution in [2.75, 3.05) is 23.7 Å². The number of nitrogens with zero attached hydrogens (tertiary/aromatic N) is 1. The van der Waals surface area contributed by atoms with E-state index in [1.807, 2.05) is 0 Å². The fourth-order valence-electron chi connectivity index (χ4n) is 2.96. The first kappa shape index (κ1) is 19.6. The molecular weight excluding hydrogens is 434 g/mol. The predicted molar refractivity (Wildman–Crippen MR) is 106 cm³/mol. The van der Waals surface area contributed by atoms with Gasteiger partial charge in [-0.2, -0.15) is 0 Å². The maximum atomic E-state index is 12.4. The zero-order chi connectivity index (χ0) is 19.6. The van der Waals surface area contributed by atoms with Gasteiger partial charge in [0.2, 0.25) is 10.0 Å². The number of carbonyl (C=O) groups is 2. The molecule has 1 aliphatic heterocycles. The Balaban J connectivity index is 1.71. The average molecular weight is 452 g/mol. The highest BCUT2D eigenvalue weighted by Crippen LogP contribution is 2.30. The average Bonchev–Trinajstić information content (AvgIpc) is 2.64. The molecule has 2 aromatic rings. The SMILES string of the molecule is CS(=O)(=O)N1CCCc2cc(C(=O)COC(=O)c3ccc(Br)cc3)ccc21. The van der Waals surface area contributed by atoms with E-state index >= 15 is 0 Å². The van der Waals surface area contributed by atoms with E-state index in [1.165, 1.54) is 10.6 Å². The summed E-state index contributed by atoms with van der Waals surface area (Å²) in [5.74, 6) is -0.906. The van der Waals surface area contributed by atoms with Crippen molar-refractivity contribution in [1.82, 2.24) is 0 Å². The van der Waals surface area contributed by atoms with Crippen LogP contribution in [0.1, 0.15) is 32.7 Å². The smallest absolute Gasteiger partial charge is 0.338 e. The second-order valence-corrected chi connectivity index (χ2v) is 9.11. The molecule has 0 saturated carbocycles. The van der Waals surface area contributed by atoms with E-state index in [9.17, 15) is 18.0 Å². The number of sulfonamides is 1. The minimum atomic E-state index is -3.35. The number of Topliss-reactive ketones (excluding diaryl/α,β-unsaturated/α-hetero) is 1. The first-order valence-corrected chi connectivity index (χ1v) is 11.0. The number of halogens is 1. The number of rotatable bonds is 5. The molecule has 0 aromatic heterocycles. The van der Waals surface area contributed by atoms with Crippen LogP contribution in [0.5, 0.6) is 0 Å². The van der Waals surface area contributed by atoms with Crippen molar-refractivity contribution in [3.63, 3.8) is 0 Å². The molecule has 0 unspecified atom stereocenters. The third kappa shape index (κ3) is 4.56. The van der Waals surface area contributed by atoms with Crippen LogP contribution in [0.2, 0.25) is 0 Å². The van der Waals surface area contributed by atoms with E-state index in [2.05, 4.69) is 15.9 Å². The number of carbonyl (C=O) groups excluding carboxylic acids is 2. The molecule has 0 radical (unpaired) electrons. The molecule has 1 heterocycles. The van der Waals surface area contributed by atoms with Gasteiger partial charge in [0.05, 0.1) is 17.5 Å². The zero-order valence-electron chi connectivity index (χ0n) is 14.6. The van der Waals surface area contributed by atoms with Gasteiger partial charge in [0.1, 0.15) is 0 Å². The van der Waals surface area contributed by atoms with Crippen molar-refractivity contribution >= 4 is 43.4 Å². The van der Waals surface area contributed by atoms with Crippen molar-refractivity contribution in [3.05, 3.63) is 63.6 Å². The molecule has 0 saturated heterocycles. The summed E-state index contributed by atoms with van der Waals surface area (Å²) >= 11 is 3.29. The number of anilines is 1. The van der Waals surface area contributed by atoms with Crippen LogP contribution in [0.15, 0.2) is 46.9 Å². The summed E-state index contributed by atoms with van der Waals surface area (Å²) in [5.41, 5.74) is 2.16. The second kappa shape index (κ2) is 7.82. The Hall–Kier alpha value is -2.19. The molecule has 0 amide bonds. The third-order valence-electron chi connectivity index (χ3n) is 4.29. The lowest BCUT2D eigenvalue weighted by atomic mass is 9.99. The van der Waals surface area contributed by atoms with Gasteiger partial charge in [0.25, 0.3) is 0 Å². The molecule has 0 N–H and O–H groups in total. The predicted octanol–water partition coefficient (Wildman–Crippen LogP) is 3.20. The van der Waals surface area contributed by atoms with Crippen molar-refractivity contribution in [3.8, 4) is 0 Å². The fourth-order valence-corrected chi connectivity index (χ4v) is 4.22. The van der Waals surface area contributed by atoms with Gasteiger partial charge in [-0.05, 0) is 60.9 Å². The van der Waals surface area contributed by atoms with Gasteiger partial charge < -0.3 is 4.74 Å². The molecule has 2 aromatic carbocycles. The van der Waals surface area contributed by atoms with E-state index in [1.54, 1.807) is 42.5 Å². The molecule has 6 nitrogen and oxygen atoms in total. The standard InChI is InChI=1S/C19H18BrNO5S/c1-27(24,25)21-10-2-3-14-11-15(6-9-17(14)21)18(22)12-26-19(23)13-4-7-16(20)8-5-13/h4-9,11H,2-3,10,12H2,1H3. The van der Waals surface area contributed by atoms with Crippen molar-refractivity contribution in [1.29, 1.82) is 0 Å². The van der Waals surface area contributed by atoms with Crippen molar-refractivity contribution in [2.24, 2.45) is 0 Å². The molecule has 0 spiro atoms. The largest absolute Gasteiger partial charge is 0.454 e. The highest BCUT2D eigenvalue weighted by Gasteiger charge is 2.24. The first-order valence-electron chi connectivity index (χ1n) is 8.32. The molecule has 142 valence electrons. The Morgan fingerprint density at radius 1 is 1.11 bits per heavy atom. The van der Waals surface area contributed by atoms with Crippen LogP contribution in [0.25, 0.3) is 0 Å². The molecule has 1 aliphatic rings. The number of hydrogen-bond acceptors (Lipinski definition) is 5. The van der Waals surface area contributed by atoms with Crippen LogP contribution < -0.4 is 4.31 Å². The van der Waals surface area contributed by atoms with Gasteiger partial charge in [0, 0.05) is 16.6 Å². The van der Waals surface area contributed by atoms with E-state index in [0.29, 0.717) is 36.2 Å². The third-order valence-corrected chi connectivity index (χ3v) is 6.00. The number of aryl methyl sites for hydroxylation is 1. The molecule has 0 bridgehead atoms. The number of fused-ring (bicyclic) bond motifs is 1. The van der Waals surface area contributed by atoms with Crippen LogP contribution >= 0.6 is 15.9 Å². The molecule has 0 aliphatic carbocycles. The topological polar surface area (TPSA) is 80.8 Å². The van der Waals surface area contributed by atoms with Gasteiger partial charge in [-0.1, -0.05) is 15.9 Å². The molecular formula is C19H18BrNO5S. The Labute approximate surface area is 166 Å². The molecule has 0 fully saturated rings. The minimum Gasteiger partial charge on any atom is -0.454 e. The lowest BCUT2D eigenvalue weighted by Gasteiger charge is -2.29. The number of esters is 1. The summed E-state index contributed by atoms with van der Waals surface area (Å²) in [6.07, 6.45) is 2.56. The Kier molecular flexibility index (Phi) is 5.67. The first-order chi connectivity index (χ1) is 12.8. The summed E-state index contributed by atoms with van der Waals surface area (Å²) < 4.78 is 31.1. The molecule has 0 atom stereocenters. The van der Waals surface area contributed by atoms with Gasteiger partial charge in [-0.15, -0.1) is 0 Å². The number of benzene rings is 2. The molecule has 27 heavy (non-hydrogen) atoms. The van der Waals surface area contributed by atoms with Crippen molar-refractivity contribution < 1.29 is 22.7 Å².